The van der Waals surface area contributed by atoms with Gasteiger partial charge in [0.05, 0.1) is 35.3 Å². The molecule has 272 valence electrons. The van der Waals surface area contributed by atoms with Gasteiger partial charge >= 0.3 is 11.9 Å². The lowest BCUT2D eigenvalue weighted by Crippen LogP contribution is -2.44. The lowest BCUT2D eigenvalue weighted by molar-refractivity contribution is 0.0686. The number of nitrogens with two attached hydrogens (primary N) is 1. The maximum Gasteiger partial charge on any atom is 0.337 e. The predicted octanol–water partition coefficient (Wildman–Crippen LogP) is 6.76. The van der Waals surface area contributed by atoms with E-state index in [-0.39, 0.29) is 50.4 Å². The lowest BCUT2D eigenvalue weighted by Gasteiger charge is -2.30. The molecule has 5 aromatic rings. The number of aromatic hydroxyl groups is 1. The number of hydrogen-bond donors (Lipinski definition) is 7. The molecule has 0 amide bonds. The number of piperazine rings is 1. The van der Waals surface area contributed by atoms with Crippen molar-refractivity contribution in [3.05, 3.63) is 90.0 Å². The molecule has 1 aliphatic rings. The van der Waals surface area contributed by atoms with Crippen LogP contribution >= 0.6 is 0 Å². The van der Waals surface area contributed by atoms with Crippen molar-refractivity contribution >= 4 is 78.3 Å². The third-order valence-corrected chi connectivity index (χ3v) is 9.15. The number of nitrogens with one attached hydrogen (secondary N) is 2. The van der Waals surface area contributed by atoms with Crippen molar-refractivity contribution in [1.29, 1.82) is 0 Å². The van der Waals surface area contributed by atoms with Crippen molar-refractivity contribution < 1.29 is 42.6 Å². The molecular weight excluding hydrogens is 708 g/mol. The Morgan fingerprint density at radius 2 is 1.55 bits per heavy atom. The highest BCUT2D eigenvalue weighted by Gasteiger charge is 2.23. The number of anilines is 4. The predicted molar refractivity (Wildman–Crippen MR) is 196 cm³/mol. The first-order valence-corrected chi connectivity index (χ1v) is 17.3. The first-order chi connectivity index (χ1) is 25.3. The molecule has 6 rings (SSSR count). The average Bonchev–Trinajstić information content (AvgIpc) is 3.14. The van der Waals surface area contributed by atoms with E-state index in [9.17, 15) is 32.8 Å². The SMILES string of the molecule is COc1cc(N=Nc2ccc(N3CCNCC3)c(C(=O)O)c2)c(N)cc1N=Nc1c(S(=O)(=O)O)cc2ccc(Nc3ccc(C(=O)O)cc3)cc2c1O. The molecule has 5 aromatic carbocycles. The molecule has 0 saturated carbocycles. The molecule has 1 saturated heterocycles. The van der Waals surface area contributed by atoms with Crippen molar-refractivity contribution in [3.63, 3.8) is 0 Å². The first-order valence-electron chi connectivity index (χ1n) is 15.8. The van der Waals surface area contributed by atoms with E-state index in [0.717, 1.165) is 19.2 Å². The minimum absolute atomic E-state index is 0.0125. The van der Waals surface area contributed by atoms with Gasteiger partial charge in [0.2, 0.25) is 0 Å². The molecule has 0 aliphatic carbocycles. The van der Waals surface area contributed by atoms with Crippen LogP contribution in [-0.4, -0.2) is 73.5 Å². The van der Waals surface area contributed by atoms with Gasteiger partial charge in [-0.05, 0) is 72.1 Å². The largest absolute Gasteiger partial charge is 0.505 e. The Bertz CT molecular complexity index is 2410. The maximum atomic E-state index is 12.4. The number of nitrogen functional groups attached to an aromatic ring is 1. The summed E-state index contributed by atoms with van der Waals surface area (Å²) >= 11 is 0. The molecule has 0 spiro atoms. The van der Waals surface area contributed by atoms with Gasteiger partial charge < -0.3 is 41.3 Å². The van der Waals surface area contributed by atoms with Crippen molar-refractivity contribution in [2.75, 3.05) is 49.2 Å². The van der Waals surface area contributed by atoms with Gasteiger partial charge in [0, 0.05) is 49.0 Å². The van der Waals surface area contributed by atoms with Gasteiger partial charge in [-0.1, -0.05) is 6.07 Å². The number of carboxylic acid groups (broad SMARTS) is 2. The molecule has 0 atom stereocenters. The number of nitrogens with zero attached hydrogens (tertiary/aromatic N) is 5. The van der Waals surface area contributed by atoms with Crippen LogP contribution < -0.4 is 26.0 Å². The van der Waals surface area contributed by atoms with Crippen LogP contribution in [0.3, 0.4) is 0 Å². The van der Waals surface area contributed by atoms with Gasteiger partial charge in [-0.25, -0.2) is 9.59 Å². The molecule has 8 N–H and O–H groups in total. The fourth-order valence-corrected chi connectivity index (χ4v) is 6.29. The van der Waals surface area contributed by atoms with Gasteiger partial charge in [0.25, 0.3) is 10.1 Å². The van der Waals surface area contributed by atoms with Gasteiger partial charge in [-0.3, -0.25) is 4.55 Å². The topological polar surface area (TPSA) is 261 Å². The van der Waals surface area contributed by atoms with E-state index in [0.29, 0.717) is 30.2 Å². The van der Waals surface area contributed by atoms with Crippen LogP contribution in [0.15, 0.2) is 104 Å². The molecule has 0 bridgehead atoms. The van der Waals surface area contributed by atoms with E-state index >= 15 is 0 Å². The van der Waals surface area contributed by atoms with Gasteiger partial charge in [0.15, 0.2) is 5.75 Å². The summed E-state index contributed by atoms with van der Waals surface area (Å²) in [4.78, 5) is 24.5. The Balaban J connectivity index is 1.31. The Morgan fingerprint density at radius 1 is 0.849 bits per heavy atom. The monoisotopic (exact) mass is 740 g/mol. The minimum atomic E-state index is -4.91. The van der Waals surface area contributed by atoms with Crippen molar-refractivity contribution in [2.45, 2.75) is 4.90 Å². The normalized spacial score (nSPS) is 13.5. The number of methoxy groups -OCH3 is 1. The second kappa shape index (κ2) is 14.9. The fourth-order valence-electron chi connectivity index (χ4n) is 5.63. The van der Waals surface area contributed by atoms with E-state index in [1.807, 2.05) is 4.90 Å². The zero-order valence-corrected chi connectivity index (χ0v) is 28.7. The highest BCUT2D eigenvalue weighted by molar-refractivity contribution is 7.86. The maximum absolute atomic E-state index is 12.4. The number of aromatic carboxylic acids is 2. The average molecular weight is 741 g/mol. The van der Waals surface area contributed by atoms with Crippen LogP contribution in [0, 0.1) is 0 Å². The van der Waals surface area contributed by atoms with Crippen molar-refractivity contribution in [1.82, 2.24) is 5.32 Å². The summed E-state index contributed by atoms with van der Waals surface area (Å²) in [5, 5.41) is 53.4. The number of azo groups is 2. The molecule has 0 radical (unpaired) electrons. The molecule has 1 aliphatic heterocycles. The smallest absolute Gasteiger partial charge is 0.337 e. The molecule has 1 fully saturated rings. The third-order valence-electron chi connectivity index (χ3n) is 8.28. The number of rotatable bonds is 11. The Labute approximate surface area is 301 Å². The van der Waals surface area contributed by atoms with E-state index in [1.165, 1.54) is 49.6 Å². The van der Waals surface area contributed by atoms with Crippen LogP contribution in [0.4, 0.5) is 45.5 Å². The van der Waals surface area contributed by atoms with E-state index in [1.54, 1.807) is 30.3 Å². The second-order valence-corrected chi connectivity index (χ2v) is 13.1. The highest BCUT2D eigenvalue weighted by Crippen LogP contribution is 2.44. The molecule has 18 heteroatoms. The summed E-state index contributed by atoms with van der Waals surface area (Å²) in [5.74, 6) is -2.70. The minimum Gasteiger partial charge on any atom is -0.505 e. The molecule has 0 unspecified atom stereocenters. The number of phenols is 1. The molecule has 17 nitrogen and oxygen atoms in total. The van der Waals surface area contributed by atoms with Crippen molar-refractivity contribution in [3.8, 4) is 11.5 Å². The van der Waals surface area contributed by atoms with E-state index < -0.39 is 38.4 Å². The van der Waals surface area contributed by atoms with Gasteiger partial charge in [0.1, 0.15) is 27.7 Å². The van der Waals surface area contributed by atoms with E-state index in [2.05, 4.69) is 31.1 Å². The highest BCUT2D eigenvalue weighted by atomic mass is 32.2. The zero-order chi connectivity index (χ0) is 37.9. The lowest BCUT2D eigenvalue weighted by atomic mass is 10.1. The second-order valence-electron chi connectivity index (χ2n) is 11.7. The Kier molecular flexibility index (Phi) is 10.2. The number of fused-ring (bicyclic) bond motifs is 1. The molecule has 0 aromatic heterocycles. The summed E-state index contributed by atoms with van der Waals surface area (Å²) in [6.45, 7) is 2.78. The number of hydrogen-bond acceptors (Lipinski definition) is 14. The number of ether oxygens (including phenoxy) is 1. The van der Waals surface area contributed by atoms with Crippen molar-refractivity contribution in [2.24, 2.45) is 20.5 Å². The summed E-state index contributed by atoms with van der Waals surface area (Å²) in [7, 11) is -3.57. The number of phenolic OH excluding ortho intramolecular Hbond substituents is 1. The molecule has 53 heavy (non-hydrogen) atoms. The molecular formula is C35H32N8O9S. The number of benzene rings is 5. The van der Waals surface area contributed by atoms with E-state index in [4.69, 9.17) is 15.6 Å². The third kappa shape index (κ3) is 7.99. The molecule has 1 heterocycles. The summed E-state index contributed by atoms with van der Waals surface area (Å²) in [6, 6.07) is 19.2. The van der Waals surface area contributed by atoms with Crippen LogP contribution in [0.25, 0.3) is 10.8 Å². The summed E-state index contributed by atoms with van der Waals surface area (Å²) in [6.07, 6.45) is 0. The number of carbonyl (C=O) groups is 2. The summed E-state index contributed by atoms with van der Waals surface area (Å²) < 4.78 is 40.3. The van der Waals surface area contributed by atoms with Crippen LogP contribution in [0.1, 0.15) is 20.7 Å². The van der Waals surface area contributed by atoms with Crippen LogP contribution in [0.2, 0.25) is 0 Å². The number of carboxylic acids is 2. The van der Waals surface area contributed by atoms with Crippen LogP contribution in [0.5, 0.6) is 11.5 Å². The zero-order valence-electron chi connectivity index (χ0n) is 27.9. The Hall–Kier alpha value is -6.63. The summed E-state index contributed by atoms with van der Waals surface area (Å²) in [5.41, 5.74) is 7.92. The van der Waals surface area contributed by atoms with Gasteiger partial charge in [-0.15, -0.1) is 15.3 Å². The van der Waals surface area contributed by atoms with Gasteiger partial charge in [-0.2, -0.15) is 13.5 Å². The standard InChI is InChI=1S/C35H32N8O9S/c1-52-30-18-27(40-39-23-8-9-29(25(16-23)35(47)48)43-12-10-37-11-13-43)26(36)17-28(30)41-42-32-31(53(49,50)51)14-20-4-7-22(15-24(20)33(32)44)38-21-5-2-19(3-6-21)34(45)46/h2-9,14-18,37-38,44H,10-13,36H2,1H3,(H,45,46)(H,47,48)(H,49,50,51). The van der Waals surface area contributed by atoms with Crippen LogP contribution in [-0.2, 0) is 10.1 Å². The fraction of sp³-hybridized carbons (Fsp3) is 0.143. The Morgan fingerprint density at radius 3 is 2.21 bits per heavy atom. The first kappa shape index (κ1) is 36.2. The quantitative estimate of drug-likeness (QED) is 0.0420.